The van der Waals surface area contributed by atoms with Crippen molar-refractivity contribution >= 4 is 40.7 Å². The largest absolute Gasteiger partial charge is 0.481 e. The molecule has 0 radical (unpaired) electrons. The maximum absolute atomic E-state index is 14.0. The summed E-state index contributed by atoms with van der Waals surface area (Å²) in [6.45, 7) is 8.46. The SMILES string of the molecule is CCOC(=O)C1=C(CN2CCOC3CN(CC(C)(C)C(=O)O)CC32)NC(c2nccs2)=NC1c1ccc(F)cc1Cl. The average Bonchev–Trinajstić information content (AvgIpc) is 3.59. The number of fused-ring (bicyclic) bond motifs is 1. The highest BCUT2D eigenvalue weighted by molar-refractivity contribution is 7.11. The summed E-state index contributed by atoms with van der Waals surface area (Å²) in [4.78, 5) is 38.8. The van der Waals surface area contributed by atoms with Crippen LogP contribution in [0.4, 0.5) is 4.39 Å². The highest BCUT2D eigenvalue weighted by Crippen LogP contribution is 2.37. The fourth-order valence-electron chi connectivity index (χ4n) is 5.56. The van der Waals surface area contributed by atoms with Crippen LogP contribution in [0.5, 0.6) is 0 Å². The Hall–Kier alpha value is -2.90. The average molecular weight is 606 g/mol. The molecular formula is C28H33ClFN5O5S. The first-order valence-corrected chi connectivity index (χ1v) is 14.7. The molecule has 2 saturated heterocycles. The Morgan fingerprint density at radius 2 is 2.15 bits per heavy atom. The van der Waals surface area contributed by atoms with E-state index in [9.17, 15) is 19.1 Å². The number of aromatic nitrogens is 1. The molecule has 3 atom stereocenters. The number of ether oxygens (including phenoxy) is 2. The van der Waals surface area contributed by atoms with E-state index in [0.717, 1.165) is 0 Å². The van der Waals surface area contributed by atoms with Gasteiger partial charge in [-0.25, -0.2) is 14.2 Å². The first-order chi connectivity index (χ1) is 19.6. The summed E-state index contributed by atoms with van der Waals surface area (Å²) in [6.07, 6.45) is 1.57. The van der Waals surface area contributed by atoms with Crippen LogP contribution < -0.4 is 5.32 Å². The fourth-order valence-corrected chi connectivity index (χ4v) is 6.41. The van der Waals surface area contributed by atoms with Gasteiger partial charge in [-0.15, -0.1) is 11.3 Å². The minimum Gasteiger partial charge on any atom is -0.481 e. The van der Waals surface area contributed by atoms with Gasteiger partial charge in [0.25, 0.3) is 0 Å². The number of aliphatic imine (C=N–C) groups is 1. The van der Waals surface area contributed by atoms with E-state index in [2.05, 4.69) is 20.1 Å². The molecule has 4 heterocycles. The zero-order valence-electron chi connectivity index (χ0n) is 23.1. The minimum atomic E-state index is -0.899. The van der Waals surface area contributed by atoms with Crippen LogP contribution in [0, 0.1) is 11.2 Å². The highest BCUT2D eigenvalue weighted by atomic mass is 35.5. The Balaban J connectivity index is 1.50. The fraction of sp³-hybridized carbons (Fsp3) is 0.500. The number of carboxylic acid groups (broad SMARTS) is 1. The number of morpholine rings is 1. The van der Waals surface area contributed by atoms with Gasteiger partial charge in [-0.2, -0.15) is 0 Å². The van der Waals surface area contributed by atoms with Gasteiger partial charge in [0.15, 0.2) is 10.8 Å². The number of halogens is 2. The van der Waals surface area contributed by atoms with E-state index in [-0.39, 0.29) is 23.8 Å². The number of nitrogens with one attached hydrogen (secondary N) is 1. The quantitative estimate of drug-likeness (QED) is 0.415. The maximum Gasteiger partial charge on any atom is 0.338 e. The molecule has 0 amide bonds. The lowest BCUT2D eigenvalue weighted by Crippen LogP contribution is -2.53. The van der Waals surface area contributed by atoms with Gasteiger partial charge < -0.3 is 19.9 Å². The molecule has 220 valence electrons. The molecule has 10 nitrogen and oxygen atoms in total. The topological polar surface area (TPSA) is 117 Å². The Kier molecular flexibility index (Phi) is 8.76. The number of hydrogen-bond donors (Lipinski definition) is 2. The zero-order chi connectivity index (χ0) is 29.3. The lowest BCUT2D eigenvalue weighted by molar-refractivity contribution is -0.148. The molecule has 0 bridgehead atoms. The third kappa shape index (κ3) is 6.31. The predicted octanol–water partition coefficient (Wildman–Crippen LogP) is 3.34. The second-order valence-electron chi connectivity index (χ2n) is 11.0. The van der Waals surface area contributed by atoms with Crippen LogP contribution >= 0.6 is 22.9 Å². The Morgan fingerprint density at radius 3 is 2.83 bits per heavy atom. The van der Waals surface area contributed by atoms with E-state index in [1.54, 1.807) is 27.0 Å². The number of carboxylic acids is 1. The van der Waals surface area contributed by atoms with Crippen LogP contribution in [0.15, 0.2) is 46.0 Å². The van der Waals surface area contributed by atoms with Gasteiger partial charge in [0.05, 0.1) is 36.3 Å². The smallest absolute Gasteiger partial charge is 0.338 e. The van der Waals surface area contributed by atoms with Crippen LogP contribution in [-0.2, 0) is 19.1 Å². The van der Waals surface area contributed by atoms with Crippen molar-refractivity contribution in [3.63, 3.8) is 0 Å². The number of thiazole rings is 1. The highest BCUT2D eigenvalue weighted by Gasteiger charge is 2.44. The van der Waals surface area contributed by atoms with Gasteiger partial charge in [0.2, 0.25) is 0 Å². The number of nitrogens with zero attached hydrogens (tertiary/aromatic N) is 4. The van der Waals surface area contributed by atoms with Gasteiger partial charge in [-0.3, -0.25) is 19.6 Å². The van der Waals surface area contributed by atoms with Crippen molar-refractivity contribution in [1.82, 2.24) is 20.1 Å². The third-order valence-electron chi connectivity index (χ3n) is 7.56. The number of esters is 1. The number of amidine groups is 1. The predicted molar refractivity (Wildman–Crippen MR) is 153 cm³/mol. The van der Waals surface area contributed by atoms with Gasteiger partial charge >= 0.3 is 11.9 Å². The summed E-state index contributed by atoms with van der Waals surface area (Å²) in [5.74, 6) is -1.40. The Labute approximate surface area is 246 Å². The van der Waals surface area contributed by atoms with Crippen molar-refractivity contribution in [2.75, 3.05) is 45.9 Å². The van der Waals surface area contributed by atoms with Crippen molar-refractivity contribution in [3.8, 4) is 0 Å². The molecule has 3 aliphatic heterocycles. The number of rotatable bonds is 9. The second kappa shape index (κ2) is 12.1. The lowest BCUT2D eigenvalue weighted by Gasteiger charge is -2.38. The number of carbonyl (C=O) groups excluding carboxylic acids is 1. The van der Waals surface area contributed by atoms with Crippen LogP contribution in [0.1, 0.15) is 37.4 Å². The molecule has 1 aromatic carbocycles. The van der Waals surface area contributed by atoms with Gasteiger partial charge in [-0.05, 0) is 32.9 Å². The van der Waals surface area contributed by atoms with E-state index in [0.29, 0.717) is 67.0 Å². The molecule has 1 aromatic heterocycles. The number of benzene rings is 1. The molecule has 0 saturated carbocycles. The van der Waals surface area contributed by atoms with Gasteiger partial charge in [0.1, 0.15) is 11.9 Å². The van der Waals surface area contributed by atoms with Crippen molar-refractivity contribution in [2.45, 2.75) is 39.0 Å². The van der Waals surface area contributed by atoms with Crippen molar-refractivity contribution in [3.05, 3.63) is 62.5 Å². The van der Waals surface area contributed by atoms with Crippen molar-refractivity contribution in [1.29, 1.82) is 0 Å². The van der Waals surface area contributed by atoms with Crippen LogP contribution in [0.3, 0.4) is 0 Å². The van der Waals surface area contributed by atoms with Crippen LogP contribution in [-0.4, -0.2) is 95.7 Å². The molecule has 3 aliphatic rings. The number of hydrogen-bond acceptors (Lipinski definition) is 10. The molecule has 41 heavy (non-hydrogen) atoms. The Morgan fingerprint density at radius 1 is 1.34 bits per heavy atom. The summed E-state index contributed by atoms with van der Waals surface area (Å²) < 4.78 is 25.6. The normalized spacial score (nSPS) is 23.6. The van der Waals surface area contributed by atoms with Crippen molar-refractivity contribution < 1.29 is 28.6 Å². The lowest BCUT2D eigenvalue weighted by atomic mass is 9.93. The van der Waals surface area contributed by atoms with E-state index in [4.69, 9.17) is 26.1 Å². The van der Waals surface area contributed by atoms with E-state index < -0.39 is 29.2 Å². The minimum absolute atomic E-state index is 0.0128. The molecule has 2 fully saturated rings. The molecule has 13 heteroatoms. The first kappa shape index (κ1) is 29.6. The molecule has 2 N–H and O–H groups in total. The van der Waals surface area contributed by atoms with E-state index in [1.165, 1.54) is 29.5 Å². The van der Waals surface area contributed by atoms with Gasteiger partial charge in [-0.1, -0.05) is 17.7 Å². The zero-order valence-corrected chi connectivity index (χ0v) is 24.7. The number of aliphatic carboxylic acids is 1. The number of carbonyl (C=O) groups is 2. The third-order valence-corrected chi connectivity index (χ3v) is 8.67. The second-order valence-corrected chi connectivity index (χ2v) is 12.3. The first-order valence-electron chi connectivity index (χ1n) is 13.5. The van der Waals surface area contributed by atoms with Crippen LogP contribution in [0.2, 0.25) is 5.02 Å². The molecule has 2 aromatic rings. The summed E-state index contributed by atoms with van der Waals surface area (Å²) in [6, 6.07) is 3.18. The molecule has 0 spiro atoms. The van der Waals surface area contributed by atoms with Crippen LogP contribution in [0.25, 0.3) is 0 Å². The maximum atomic E-state index is 14.0. The van der Waals surface area contributed by atoms with E-state index >= 15 is 0 Å². The van der Waals surface area contributed by atoms with Gasteiger partial charge in [0, 0.05) is 60.6 Å². The van der Waals surface area contributed by atoms with E-state index in [1.807, 2.05) is 5.38 Å². The standard InChI is InChI=1S/C28H33ClFN5O5S/c1-4-39-26(36)22-19(12-35-8-9-40-21-14-34(13-20(21)35)15-28(2,3)27(37)38)32-24(25-31-7-10-41-25)33-23(22)17-6-5-16(30)11-18(17)29/h5-7,10-11,20-21,23H,4,8-9,12-15H2,1-3H3,(H,32,33)(H,37,38). The summed E-state index contributed by atoms with van der Waals surface area (Å²) in [5, 5.41) is 15.6. The summed E-state index contributed by atoms with van der Waals surface area (Å²) >= 11 is 7.89. The molecule has 3 unspecified atom stereocenters. The molecule has 0 aliphatic carbocycles. The summed E-state index contributed by atoms with van der Waals surface area (Å²) in [7, 11) is 0. The summed E-state index contributed by atoms with van der Waals surface area (Å²) in [5.41, 5.74) is 0.473. The number of likely N-dealkylation sites (tertiary alicyclic amines) is 1. The monoisotopic (exact) mass is 605 g/mol. The van der Waals surface area contributed by atoms with Crippen molar-refractivity contribution in [2.24, 2.45) is 10.4 Å². The Bertz CT molecular complexity index is 1370. The molecular weight excluding hydrogens is 573 g/mol. The molecule has 5 rings (SSSR count).